The van der Waals surface area contributed by atoms with Crippen LogP contribution in [0, 0.1) is 12.3 Å². The van der Waals surface area contributed by atoms with E-state index in [1.54, 1.807) is 0 Å². The van der Waals surface area contributed by atoms with E-state index in [2.05, 4.69) is 110 Å². The van der Waals surface area contributed by atoms with E-state index in [1.807, 2.05) is 0 Å². The molecule has 0 bridgehead atoms. The minimum atomic E-state index is -0.171. The zero-order valence-electron chi connectivity index (χ0n) is 14.0. The number of benzene rings is 3. The van der Waals surface area contributed by atoms with Crippen molar-refractivity contribution in [3.05, 3.63) is 126 Å². The Bertz CT molecular complexity index is 918. The van der Waals surface area contributed by atoms with Crippen LogP contribution >= 0.6 is 0 Å². The fourth-order valence-corrected chi connectivity index (χ4v) is 4.62. The molecule has 2 aliphatic rings. The molecular formula is C25H19. The van der Waals surface area contributed by atoms with Crippen molar-refractivity contribution in [2.45, 2.75) is 5.41 Å². The number of allylic oxidation sites excluding steroid dienone is 4. The van der Waals surface area contributed by atoms with E-state index in [-0.39, 0.29) is 5.41 Å². The van der Waals surface area contributed by atoms with Gasteiger partial charge >= 0.3 is 0 Å². The summed E-state index contributed by atoms with van der Waals surface area (Å²) < 4.78 is 0. The van der Waals surface area contributed by atoms with Gasteiger partial charge in [0.05, 0.1) is 5.41 Å². The maximum absolute atomic E-state index is 2.34. The van der Waals surface area contributed by atoms with Gasteiger partial charge in [0.1, 0.15) is 0 Å². The normalized spacial score (nSPS) is 17.3. The minimum absolute atomic E-state index is 0.171. The lowest BCUT2D eigenvalue weighted by atomic mass is 9.63. The van der Waals surface area contributed by atoms with Crippen molar-refractivity contribution in [3.8, 4) is 11.1 Å². The molecule has 2 aliphatic carbocycles. The molecule has 3 aromatic carbocycles. The minimum Gasteiger partial charge on any atom is -0.0801 e. The summed E-state index contributed by atoms with van der Waals surface area (Å²) in [7, 11) is 0. The topological polar surface area (TPSA) is 0 Å². The molecule has 0 N–H and O–H groups in total. The molecule has 0 nitrogen and oxygen atoms in total. The number of hydrogen-bond acceptors (Lipinski definition) is 0. The molecule has 0 amide bonds. The third kappa shape index (κ3) is 1.94. The van der Waals surface area contributed by atoms with Crippen LogP contribution in [0.15, 0.2) is 103 Å². The maximum Gasteiger partial charge on any atom is 0.0560 e. The lowest BCUT2D eigenvalue weighted by molar-refractivity contribution is 0.534. The van der Waals surface area contributed by atoms with Crippen molar-refractivity contribution in [2.75, 3.05) is 0 Å². The Hall–Kier alpha value is -2.86. The zero-order valence-corrected chi connectivity index (χ0v) is 14.0. The van der Waals surface area contributed by atoms with E-state index in [0.717, 1.165) is 0 Å². The Kier molecular flexibility index (Phi) is 3.24. The van der Waals surface area contributed by atoms with Crippen molar-refractivity contribution in [3.63, 3.8) is 0 Å². The molecule has 0 aliphatic heterocycles. The third-order valence-electron chi connectivity index (χ3n) is 5.58. The molecule has 5 rings (SSSR count). The third-order valence-corrected chi connectivity index (χ3v) is 5.58. The molecule has 0 heteroatoms. The van der Waals surface area contributed by atoms with E-state index in [4.69, 9.17) is 0 Å². The van der Waals surface area contributed by atoms with Crippen LogP contribution in [0.1, 0.15) is 16.7 Å². The van der Waals surface area contributed by atoms with Crippen LogP contribution in [0.25, 0.3) is 11.1 Å². The van der Waals surface area contributed by atoms with Gasteiger partial charge in [0, 0.05) is 12.3 Å². The highest BCUT2D eigenvalue weighted by Crippen LogP contribution is 2.57. The van der Waals surface area contributed by atoms with Crippen LogP contribution in [0.4, 0.5) is 0 Å². The first-order chi connectivity index (χ1) is 12.4. The number of fused-ring (bicyclic) bond motifs is 3. The Balaban J connectivity index is 1.92. The van der Waals surface area contributed by atoms with Crippen LogP contribution in [-0.4, -0.2) is 0 Å². The van der Waals surface area contributed by atoms with Crippen molar-refractivity contribution in [1.29, 1.82) is 0 Å². The average Bonchev–Trinajstić information content (AvgIpc) is 3.01. The molecule has 3 aromatic rings. The average molecular weight is 319 g/mol. The molecule has 0 spiro atoms. The van der Waals surface area contributed by atoms with Gasteiger partial charge in [-0.25, -0.2) is 0 Å². The lowest BCUT2D eigenvalue weighted by Crippen LogP contribution is -2.34. The SMILES string of the molecule is [CH]1C=CC(C2(c3ccccc3)c3ccccc3-c3ccccc32)C=C1. The molecular weight excluding hydrogens is 300 g/mol. The molecule has 0 saturated carbocycles. The summed E-state index contributed by atoms with van der Waals surface area (Å²) in [5.41, 5.74) is 6.72. The fourth-order valence-electron chi connectivity index (χ4n) is 4.62. The van der Waals surface area contributed by atoms with Gasteiger partial charge < -0.3 is 0 Å². The van der Waals surface area contributed by atoms with Gasteiger partial charge in [-0.15, -0.1) is 0 Å². The highest BCUT2D eigenvalue weighted by molar-refractivity contribution is 5.84. The Labute approximate surface area is 149 Å². The summed E-state index contributed by atoms with van der Waals surface area (Å²) in [5.74, 6) is 0.296. The molecule has 119 valence electrons. The van der Waals surface area contributed by atoms with Crippen LogP contribution in [0.5, 0.6) is 0 Å². The van der Waals surface area contributed by atoms with Crippen LogP contribution in [0.2, 0.25) is 0 Å². The molecule has 0 heterocycles. The lowest BCUT2D eigenvalue weighted by Gasteiger charge is -2.38. The Morgan fingerprint density at radius 3 is 1.68 bits per heavy atom. The summed E-state index contributed by atoms with van der Waals surface area (Å²) in [6.07, 6.45) is 11.2. The van der Waals surface area contributed by atoms with E-state index in [9.17, 15) is 0 Å². The van der Waals surface area contributed by atoms with Crippen molar-refractivity contribution >= 4 is 0 Å². The predicted octanol–water partition coefficient (Wildman–Crippen LogP) is 5.95. The second kappa shape index (κ2) is 5.60. The monoisotopic (exact) mass is 319 g/mol. The summed E-state index contributed by atoms with van der Waals surface area (Å²) in [6, 6.07) is 28.8. The van der Waals surface area contributed by atoms with Crippen LogP contribution in [-0.2, 0) is 5.41 Å². The summed E-state index contributed by atoms with van der Waals surface area (Å²) >= 11 is 0. The molecule has 0 atom stereocenters. The Morgan fingerprint density at radius 2 is 1.08 bits per heavy atom. The molecule has 0 fully saturated rings. The second-order valence-corrected chi connectivity index (χ2v) is 6.75. The van der Waals surface area contributed by atoms with E-state index >= 15 is 0 Å². The van der Waals surface area contributed by atoms with E-state index in [1.165, 1.54) is 27.8 Å². The van der Waals surface area contributed by atoms with Gasteiger partial charge in [-0.2, -0.15) is 0 Å². The standard InChI is InChI=1S/C25H19/c1-3-11-19(12-4-1)25(20-13-5-2-6-14-20)23-17-9-7-15-21(23)22-16-8-10-18-24(22)25/h1-19H. The van der Waals surface area contributed by atoms with Crippen molar-refractivity contribution in [1.82, 2.24) is 0 Å². The molecule has 0 unspecified atom stereocenters. The van der Waals surface area contributed by atoms with Crippen molar-refractivity contribution < 1.29 is 0 Å². The first-order valence-electron chi connectivity index (χ1n) is 8.85. The summed E-state index contributed by atoms with van der Waals surface area (Å²) in [6.45, 7) is 0. The van der Waals surface area contributed by atoms with Crippen LogP contribution < -0.4 is 0 Å². The summed E-state index contributed by atoms with van der Waals surface area (Å²) in [5, 5.41) is 0. The number of hydrogen-bond donors (Lipinski definition) is 0. The van der Waals surface area contributed by atoms with Gasteiger partial charge in [0.25, 0.3) is 0 Å². The fraction of sp³-hybridized carbons (Fsp3) is 0.0800. The maximum atomic E-state index is 2.34. The van der Waals surface area contributed by atoms with Gasteiger partial charge in [-0.1, -0.05) is 103 Å². The second-order valence-electron chi connectivity index (χ2n) is 6.75. The highest BCUT2D eigenvalue weighted by atomic mass is 14.5. The van der Waals surface area contributed by atoms with E-state index in [0.29, 0.717) is 5.92 Å². The first kappa shape index (κ1) is 14.5. The quantitative estimate of drug-likeness (QED) is 0.547. The van der Waals surface area contributed by atoms with Gasteiger partial charge in [-0.05, 0) is 27.8 Å². The molecule has 1 radical (unpaired) electrons. The first-order valence-corrected chi connectivity index (χ1v) is 8.85. The zero-order chi connectivity index (χ0) is 16.7. The highest BCUT2D eigenvalue weighted by Gasteiger charge is 2.48. The van der Waals surface area contributed by atoms with Crippen molar-refractivity contribution in [2.24, 2.45) is 5.92 Å². The van der Waals surface area contributed by atoms with Crippen LogP contribution in [0.3, 0.4) is 0 Å². The molecule has 0 aromatic heterocycles. The largest absolute Gasteiger partial charge is 0.0801 e. The predicted molar refractivity (Wildman–Crippen MR) is 104 cm³/mol. The number of rotatable bonds is 2. The summed E-state index contributed by atoms with van der Waals surface area (Å²) in [4.78, 5) is 0. The van der Waals surface area contributed by atoms with Gasteiger partial charge in [0.15, 0.2) is 0 Å². The molecule has 0 saturated heterocycles. The van der Waals surface area contributed by atoms with Gasteiger partial charge in [0.2, 0.25) is 0 Å². The van der Waals surface area contributed by atoms with E-state index < -0.39 is 0 Å². The Morgan fingerprint density at radius 1 is 0.560 bits per heavy atom. The molecule has 25 heavy (non-hydrogen) atoms. The van der Waals surface area contributed by atoms with Gasteiger partial charge in [-0.3, -0.25) is 0 Å². The smallest absolute Gasteiger partial charge is 0.0560 e.